The quantitative estimate of drug-likeness (QED) is 0.577. The minimum absolute atomic E-state index is 0.0435. The molecule has 0 spiro atoms. The van der Waals surface area contributed by atoms with Crippen LogP contribution in [-0.2, 0) is 23.9 Å². The Morgan fingerprint density at radius 3 is 2.72 bits per heavy atom. The first-order valence-corrected chi connectivity index (χ1v) is 11.2. The molecular weight excluding hydrogens is 437 g/mol. The molecule has 1 saturated heterocycles. The lowest BCUT2D eigenvalue weighted by atomic mass is 10.1. The lowest BCUT2D eigenvalue weighted by Gasteiger charge is -2.22. The topological polar surface area (TPSA) is 58.1 Å². The van der Waals surface area contributed by atoms with E-state index in [2.05, 4.69) is 26.8 Å². The molecule has 3 aromatic rings. The number of alkyl halides is 3. The molecule has 0 bridgehead atoms. The van der Waals surface area contributed by atoms with Crippen molar-refractivity contribution >= 4 is 22.6 Å². The first-order chi connectivity index (χ1) is 15.3. The molecule has 1 aromatic heterocycles. The molecular formula is C23H23F3N4OS. The molecule has 1 unspecified atom stereocenters. The van der Waals surface area contributed by atoms with Crippen molar-refractivity contribution < 1.29 is 18.0 Å². The molecule has 2 aromatic carbocycles. The van der Waals surface area contributed by atoms with Crippen molar-refractivity contribution in [3.63, 3.8) is 0 Å². The van der Waals surface area contributed by atoms with Crippen molar-refractivity contribution in [1.82, 2.24) is 14.7 Å². The van der Waals surface area contributed by atoms with Crippen molar-refractivity contribution in [3.8, 4) is 0 Å². The number of aryl methyl sites for hydroxylation is 1. The number of nitrogens with one attached hydrogen (secondary N) is 1. The van der Waals surface area contributed by atoms with E-state index in [1.165, 1.54) is 23.2 Å². The van der Waals surface area contributed by atoms with Crippen molar-refractivity contribution in [2.45, 2.75) is 44.9 Å². The zero-order valence-electron chi connectivity index (χ0n) is 17.5. The highest BCUT2D eigenvalue weighted by Crippen LogP contribution is 2.30. The maximum Gasteiger partial charge on any atom is 0.416 e. The number of rotatable bonds is 6. The standard InChI is InChI=1S/C23H23F3N4OS/c1-15-7-9-16(10-8-15)13-20-28-22(32-29-20)30-11-3-6-19(30)21(31)27-14-17-4-2-5-18(12-17)23(24,25)26/h2,4-5,7-10,12,19H,3,6,11,13-14H2,1H3,(H,27,31). The van der Waals surface area contributed by atoms with Crippen LogP contribution >= 0.6 is 11.5 Å². The van der Waals surface area contributed by atoms with Gasteiger partial charge in [-0.05, 0) is 43.0 Å². The Morgan fingerprint density at radius 2 is 1.97 bits per heavy atom. The fraction of sp³-hybridized carbons (Fsp3) is 0.348. The predicted molar refractivity (Wildman–Crippen MR) is 118 cm³/mol. The van der Waals surface area contributed by atoms with Gasteiger partial charge in [-0.1, -0.05) is 42.0 Å². The molecule has 5 nitrogen and oxygen atoms in total. The average Bonchev–Trinajstić information content (AvgIpc) is 3.43. The lowest BCUT2D eigenvalue weighted by Crippen LogP contribution is -2.43. The van der Waals surface area contributed by atoms with E-state index in [1.54, 1.807) is 6.07 Å². The van der Waals surface area contributed by atoms with Crippen LogP contribution < -0.4 is 10.2 Å². The Kier molecular flexibility index (Phi) is 6.45. The van der Waals surface area contributed by atoms with Gasteiger partial charge in [-0.15, -0.1) is 0 Å². The largest absolute Gasteiger partial charge is 0.416 e. The van der Waals surface area contributed by atoms with E-state index in [4.69, 9.17) is 0 Å². The zero-order chi connectivity index (χ0) is 22.7. The summed E-state index contributed by atoms with van der Waals surface area (Å²) < 4.78 is 43.2. The average molecular weight is 461 g/mol. The Hall–Kier alpha value is -2.94. The van der Waals surface area contributed by atoms with Gasteiger partial charge < -0.3 is 10.2 Å². The number of hydrogen-bond donors (Lipinski definition) is 1. The monoisotopic (exact) mass is 460 g/mol. The van der Waals surface area contributed by atoms with Gasteiger partial charge in [-0.2, -0.15) is 17.5 Å². The van der Waals surface area contributed by atoms with Gasteiger partial charge in [0.15, 0.2) is 0 Å². The highest BCUT2D eigenvalue weighted by molar-refractivity contribution is 7.09. The van der Waals surface area contributed by atoms with E-state index in [-0.39, 0.29) is 12.5 Å². The number of halogens is 3. The summed E-state index contributed by atoms with van der Waals surface area (Å²) in [7, 11) is 0. The summed E-state index contributed by atoms with van der Waals surface area (Å²) in [5.41, 5.74) is 2.00. The molecule has 0 saturated carbocycles. The molecule has 1 amide bonds. The number of anilines is 1. The Labute approximate surface area is 188 Å². The fourth-order valence-corrected chi connectivity index (χ4v) is 4.52. The Balaban J connectivity index is 1.39. The number of hydrogen-bond acceptors (Lipinski definition) is 5. The number of carbonyl (C=O) groups excluding carboxylic acids is 1. The van der Waals surface area contributed by atoms with Crippen LogP contribution in [0, 0.1) is 6.92 Å². The first kappa shape index (κ1) is 22.3. The second-order valence-corrected chi connectivity index (χ2v) is 8.65. The Bertz CT molecular complexity index is 1080. The maximum absolute atomic E-state index is 12.9. The molecule has 1 N–H and O–H groups in total. The minimum Gasteiger partial charge on any atom is -0.350 e. The second kappa shape index (κ2) is 9.28. The van der Waals surface area contributed by atoms with Crippen LogP contribution in [0.2, 0.25) is 0 Å². The fourth-order valence-electron chi connectivity index (χ4n) is 3.75. The van der Waals surface area contributed by atoms with E-state index in [0.717, 1.165) is 24.1 Å². The van der Waals surface area contributed by atoms with Crippen LogP contribution in [-0.4, -0.2) is 27.9 Å². The van der Waals surface area contributed by atoms with Crippen molar-refractivity contribution in [2.75, 3.05) is 11.4 Å². The van der Waals surface area contributed by atoms with Gasteiger partial charge in [0, 0.05) is 31.0 Å². The smallest absolute Gasteiger partial charge is 0.350 e. The highest BCUT2D eigenvalue weighted by Gasteiger charge is 2.33. The molecule has 1 aliphatic heterocycles. The number of amides is 1. The van der Waals surface area contributed by atoms with Gasteiger partial charge in [0.1, 0.15) is 11.9 Å². The van der Waals surface area contributed by atoms with E-state index in [0.29, 0.717) is 35.9 Å². The molecule has 1 fully saturated rings. The summed E-state index contributed by atoms with van der Waals surface area (Å²) in [5.74, 6) is 0.499. The molecule has 9 heteroatoms. The van der Waals surface area contributed by atoms with Crippen molar-refractivity contribution in [2.24, 2.45) is 0 Å². The van der Waals surface area contributed by atoms with Gasteiger partial charge in [0.2, 0.25) is 11.0 Å². The van der Waals surface area contributed by atoms with Crippen LogP contribution in [0.3, 0.4) is 0 Å². The molecule has 4 rings (SSSR count). The van der Waals surface area contributed by atoms with Crippen LogP contribution in [0.1, 0.15) is 40.9 Å². The molecule has 2 heterocycles. The third-order valence-corrected chi connectivity index (χ3v) is 6.25. The van der Waals surface area contributed by atoms with Crippen LogP contribution in [0.5, 0.6) is 0 Å². The van der Waals surface area contributed by atoms with Gasteiger partial charge in [-0.25, -0.2) is 4.98 Å². The first-order valence-electron chi connectivity index (χ1n) is 10.4. The molecule has 0 aliphatic carbocycles. The predicted octanol–water partition coefficient (Wildman–Crippen LogP) is 4.74. The highest BCUT2D eigenvalue weighted by atomic mass is 32.1. The van der Waals surface area contributed by atoms with Gasteiger partial charge in [0.05, 0.1) is 5.56 Å². The van der Waals surface area contributed by atoms with E-state index in [1.807, 2.05) is 24.0 Å². The summed E-state index contributed by atoms with van der Waals surface area (Å²) in [5, 5.41) is 3.48. The number of nitrogens with zero attached hydrogens (tertiary/aromatic N) is 3. The molecule has 32 heavy (non-hydrogen) atoms. The third-order valence-electron chi connectivity index (χ3n) is 5.46. The number of carbonyl (C=O) groups is 1. The lowest BCUT2D eigenvalue weighted by molar-refractivity contribution is -0.137. The Morgan fingerprint density at radius 1 is 1.19 bits per heavy atom. The minimum atomic E-state index is -4.41. The number of benzene rings is 2. The summed E-state index contributed by atoms with van der Waals surface area (Å²) >= 11 is 1.27. The maximum atomic E-state index is 12.9. The van der Waals surface area contributed by atoms with Crippen molar-refractivity contribution in [3.05, 3.63) is 76.6 Å². The molecule has 168 valence electrons. The summed E-state index contributed by atoms with van der Waals surface area (Å²) in [6.45, 7) is 2.78. The second-order valence-electron chi connectivity index (χ2n) is 7.92. The van der Waals surface area contributed by atoms with Crippen LogP contribution in [0.25, 0.3) is 0 Å². The van der Waals surface area contributed by atoms with Crippen molar-refractivity contribution in [1.29, 1.82) is 0 Å². The zero-order valence-corrected chi connectivity index (χ0v) is 18.3. The van der Waals surface area contributed by atoms with E-state index in [9.17, 15) is 18.0 Å². The van der Waals surface area contributed by atoms with Gasteiger partial charge in [-0.3, -0.25) is 4.79 Å². The molecule has 1 aliphatic rings. The van der Waals surface area contributed by atoms with Gasteiger partial charge in [0.25, 0.3) is 0 Å². The number of aromatic nitrogens is 2. The van der Waals surface area contributed by atoms with E-state index < -0.39 is 17.8 Å². The normalized spacial score (nSPS) is 16.4. The molecule has 1 atom stereocenters. The van der Waals surface area contributed by atoms with Crippen LogP contribution in [0.15, 0.2) is 48.5 Å². The summed E-state index contributed by atoms with van der Waals surface area (Å²) in [4.78, 5) is 19.4. The van der Waals surface area contributed by atoms with Gasteiger partial charge >= 0.3 is 6.18 Å². The SMILES string of the molecule is Cc1ccc(Cc2nsc(N3CCCC3C(=O)NCc3cccc(C(F)(F)F)c3)n2)cc1. The third kappa shape index (κ3) is 5.27. The van der Waals surface area contributed by atoms with E-state index >= 15 is 0 Å². The van der Waals surface area contributed by atoms with Crippen LogP contribution in [0.4, 0.5) is 18.3 Å². The summed E-state index contributed by atoms with van der Waals surface area (Å²) in [6, 6.07) is 12.8. The molecule has 0 radical (unpaired) electrons. The summed E-state index contributed by atoms with van der Waals surface area (Å²) in [6.07, 6.45) is -2.27.